The lowest BCUT2D eigenvalue weighted by molar-refractivity contribution is 0.0466. The summed E-state index contributed by atoms with van der Waals surface area (Å²) >= 11 is 0. The van der Waals surface area contributed by atoms with E-state index in [9.17, 15) is 9.90 Å². The molecule has 21 heavy (non-hydrogen) atoms. The van der Waals surface area contributed by atoms with Gasteiger partial charge in [0.05, 0.1) is 22.7 Å². The van der Waals surface area contributed by atoms with E-state index in [4.69, 9.17) is 4.52 Å². The standard InChI is InChI=1S/C15H19N3O3/c1-9-13-6-12(7-16-14(13)21-17-9)15(20)18-5-3-4-11(8-18)10(2)19/h6-7,10-11,19H,3-5,8H2,1-2H3. The van der Waals surface area contributed by atoms with Crippen molar-refractivity contribution in [1.82, 2.24) is 15.0 Å². The molecular weight excluding hydrogens is 270 g/mol. The molecule has 1 aliphatic rings. The summed E-state index contributed by atoms with van der Waals surface area (Å²) < 4.78 is 5.06. The highest BCUT2D eigenvalue weighted by Gasteiger charge is 2.27. The maximum atomic E-state index is 12.6. The van der Waals surface area contributed by atoms with Crippen LogP contribution in [0.4, 0.5) is 0 Å². The van der Waals surface area contributed by atoms with Crippen LogP contribution in [0, 0.1) is 12.8 Å². The van der Waals surface area contributed by atoms with E-state index in [-0.39, 0.29) is 17.9 Å². The zero-order valence-corrected chi connectivity index (χ0v) is 12.2. The van der Waals surface area contributed by atoms with Gasteiger partial charge in [-0.1, -0.05) is 5.16 Å². The Labute approximate surface area is 122 Å². The maximum Gasteiger partial charge on any atom is 0.257 e. The number of aryl methyl sites for hydroxylation is 1. The molecule has 1 fully saturated rings. The first-order valence-electron chi connectivity index (χ1n) is 7.25. The Morgan fingerprint density at radius 2 is 2.38 bits per heavy atom. The molecule has 2 atom stereocenters. The van der Waals surface area contributed by atoms with E-state index in [0.29, 0.717) is 17.8 Å². The summed E-state index contributed by atoms with van der Waals surface area (Å²) in [5.41, 5.74) is 1.72. The normalized spacial score (nSPS) is 20.7. The molecule has 6 nitrogen and oxygen atoms in total. The SMILES string of the molecule is Cc1noc2ncc(C(=O)N3CCCC(C(C)O)C3)cc12. The minimum absolute atomic E-state index is 0.0460. The Hall–Kier alpha value is -1.95. The van der Waals surface area contributed by atoms with Gasteiger partial charge in [0.1, 0.15) is 0 Å². The fraction of sp³-hybridized carbons (Fsp3) is 0.533. The molecule has 1 N–H and O–H groups in total. The number of carbonyl (C=O) groups is 1. The Bertz CT molecular complexity index is 665. The topological polar surface area (TPSA) is 79.5 Å². The van der Waals surface area contributed by atoms with Crippen LogP contribution >= 0.6 is 0 Å². The highest BCUT2D eigenvalue weighted by Crippen LogP contribution is 2.23. The van der Waals surface area contributed by atoms with Crippen LogP contribution in [0.25, 0.3) is 11.1 Å². The molecule has 0 aromatic carbocycles. The molecule has 2 aromatic rings. The first kappa shape index (κ1) is 14.0. The summed E-state index contributed by atoms with van der Waals surface area (Å²) in [6.07, 6.45) is 3.02. The van der Waals surface area contributed by atoms with E-state index >= 15 is 0 Å². The van der Waals surface area contributed by atoms with Crippen molar-refractivity contribution in [3.8, 4) is 0 Å². The van der Waals surface area contributed by atoms with Crippen molar-refractivity contribution < 1.29 is 14.4 Å². The molecule has 2 aromatic heterocycles. The Balaban J connectivity index is 1.84. The van der Waals surface area contributed by atoms with Crippen molar-refractivity contribution in [3.05, 3.63) is 23.5 Å². The molecule has 3 heterocycles. The monoisotopic (exact) mass is 289 g/mol. The van der Waals surface area contributed by atoms with Crippen LogP contribution in [0.3, 0.4) is 0 Å². The van der Waals surface area contributed by atoms with Gasteiger partial charge in [-0.2, -0.15) is 0 Å². The molecule has 0 bridgehead atoms. The van der Waals surface area contributed by atoms with Crippen LogP contribution in [0.1, 0.15) is 35.8 Å². The van der Waals surface area contributed by atoms with Crippen LogP contribution in [0.15, 0.2) is 16.8 Å². The number of aliphatic hydroxyl groups is 1. The van der Waals surface area contributed by atoms with Gasteiger partial charge < -0.3 is 14.5 Å². The Morgan fingerprint density at radius 3 is 3.14 bits per heavy atom. The predicted octanol–water partition coefficient (Wildman–Crippen LogP) is 1.76. The number of pyridine rings is 1. The van der Waals surface area contributed by atoms with E-state index in [2.05, 4.69) is 10.1 Å². The third-order valence-corrected chi connectivity index (χ3v) is 4.18. The van der Waals surface area contributed by atoms with Crippen LogP contribution in [-0.4, -0.2) is 45.2 Å². The Morgan fingerprint density at radius 1 is 1.57 bits per heavy atom. The van der Waals surface area contributed by atoms with E-state index in [0.717, 1.165) is 30.5 Å². The van der Waals surface area contributed by atoms with E-state index in [1.165, 1.54) is 6.20 Å². The number of hydrogen-bond donors (Lipinski definition) is 1. The highest BCUT2D eigenvalue weighted by atomic mass is 16.5. The fourth-order valence-electron chi connectivity index (χ4n) is 2.83. The molecule has 0 radical (unpaired) electrons. The molecule has 1 saturated heterocycles. The summed E-state index contributed by atoms with van der Waals surface area (Å²) in [5.74, 6) is 0.104. The van der Waals surface area contributed by atoms with Crippen molar-refractivity contribution in [1.29, 1.82) is 0 Å². The van der Waals surface area contributed by atoms with Gasteiger partial charge in [-0.05, 0) is 32.8 Å². The van der Waals surface area contributed by atoms with Crippen molar-refractivity contribution >= 4 is 17.0 Å². The number of aromatic nitrogens is 2. The number of nitrogens with zero attached hydrogens (tertiary/aromatic N) is 3. The third-order valence-electron chi connectivity index (χ3n) is 4.18. The van der Waals surface area contributed by atoms with Gasteiger partial charge in [0, 0.05) is 25.2 Å². The lowest BCUT2D eigenvalue weighted by atomic mass is 9.93. The van der Waals surface area contributed by atoms with Crippen LogP contribution < -0.4 is 0 Å². The van der Waals surface area contributed by atoms with Crippen LogP contribution in [0.2, 0.25) is 0 Å². The molecule has 1 aliphatic heterocycles. The number of piperidine rings is 1. The summed E-state index contributed by atoms with van der Waals surface area (Å²) in [7, 11) is 0. The van der Waals surface area contributed by atoms with Gasteiger partial charge in [0.25, 0.3) is 11.6 Å². The number of carbonyl (C=O) groups excluding carboxylic acids is 1. The van der Waals surface area contributed by atoms with Crippen molar-refractivity contribution in [2.45, 2.75) is 32.8 Å². The quantitative estimate of drug-likeness (QED) is 0.911. The molecule has 1 amide bonds. The number of rotatable bonds is 2. The van der Waals surface area contributed by atoms with Gasteiger partial charge in [-0.25, -0.2) is 4.98 Å². The molecular formula is C15H19N3O3. The summed E-state index contributed by atoms with van der Waals surface area (Å²) in [6.45, 7) is 4.93. The molecule has 3 rings (SSSR count). The first-order chi connectivity index (χ1) is 10.1. The molecule has 112 valence electrons. The van der Waals surface area contributed by atoms with Crippen molar-refractivity contribution in [3.63, 3.8) is 0 Å². The minimum Gasteiger partial charge on any atom is -0.393 e. The van der Waals surface area contributed by atoms with E-state index < -0.39 is 0 Å². The second kappa shape index (κ2) is 5.44. The van der Waals surface area contributed by atoms with Gasteiger partial charge >= 0.3 is 0 Å². The summed E-state index contributed by atoms with van der Waals surface area (Å²) in [5, 5.41) is 14.3. The average molecular weight is 289 g/mol. The number of likely N-dealkylation sites (tertiary alicyclic amines) is 1. The first-order valence-corrected chi connectivity index (χ1v) is 7.25. The summed E-state index contributed by atoms with van der Waals surface area (Å²) in [6, 6.07) is 1.78. The van der Waals surface area contributed by atoms with Crippen molar-refractivity contribution in [2.24, 2.45) is 5.92 Å². The molecule has 0 spiro atoms. The minimum atomic E-state index is -0.387. The number of fused-ring (bicyclic) bond motifs is 1. The fourth-order valence-corrected chi connectivity index (χ4v) is 2.83. The lowest BCUT2D eigenvalue weighted by Gasteiger charge is -2.34. The van der Waals surface area contributed by atoms with Crippen LogP contribution in [-0.2, 0) is 0 Å². The smallest absolute Gasteiger partial charge is 0.257 e. The van der Waals surface area contributed by atoms with E-state index in [1.807, 2.05) is 6.92 Å². The van der Waals surface area contributed by atoms with Crippen molar-refractivity contribution in [2.75, 3.05) is 13.1 Å². The Kier molecular flexibility index (Phi) is 3.63. The zero-order chi connectivity index (χ0) is 15.0. The van der Waals surface area contributed by atoms with Gasteiger partial charge in [-0.3, -0.25) is 4.79 Å². The largest absolute Gasteiger partial charge is 0.393 e. The van der Waals surface area contributed by atoms with Crippen LogP contribution in [0.5, 0.6) is 0 Å². The van der Waals surface area contributed by atoms with E-state index in [1.54, 1.807) is 17.9 Å². The molecule has 2 unspecified atom stereocenters. The number of hydrogen-bond acceptors (Lipinski definition) is 5. The average Bonchev–Trinajstić information content (AvgIpc) is 2.87. The highest BCUT2D eigenvalue weighted by molar-refractivity contribution is 5.97. The predicted molar refractivity (Wildman–Crippen MR) is 76.8 cm³/mol. The maximum absolute atomic E-state index is 12.6. The lowest BCUT2D eigenvalue weighted by Crippen LogP contribution is -2.42. The second-order valence-electron chi connectivity index (χ2n) is 5.74. The molecule has 6 heteroatoms. The summed E-state index contributed by atoms with van der Waals surface area (Å²) in [4.78, 5) is 18.5. The number of aliphatic hydroxyl groups excluding tert-OH is 1. The number of amides is 1. The molecule has 0 aliphatic carbocycles. The second-order valence-corrected chi connectivity index (χ2v) is 5.74. The molecule has 0 saturated carbocycles. The van der Waals surface area contributed by atoms with Gasteiger partial charge in [0.2, 0.25) is 0 Å². The van der Waals surface area contributed by atoms with Gasteiger partial charge in [0.15, 0.2) is 0 Å². The third kappa shape index (κ3) is 2.63. The zero-order valence-electron chi connectivity index (χ0n) is 12.2. The van der Waals surface area contributed by atoms with Gasteiger partial charge in [-0.15, -0.1) is 0 Å².